The Morgan fingerprint density at radius 2 is 1.63 bits per heavy atom. The molecule has 0 saturated carbocycles. The summed E-state index contributed by atoms with van der Waals surface area (Å²) in [6.07, 6.45) is 2.51. The SMILES string of the molecule is COc1ccc(CCC(=O)N2CCN(C(=O)C(C(C)C)n3cnc4cc(F)c(F)cc43)CC2)cc1. The first-order valence-electron chi connectivity index (χ1n) is 11.8. The molecule has 186 valence electrons. The molecule has 0 radical (unpaired) electrons. The van der Waals surface area contributed by atoms with Gasteiger partial charge in [-0.3, -0.25) is 9.59 Å². The summed E-state index contributed by atoms with van der Waals surface area (Å²) in [5, 5.41) is 0. The summed E-state index contributed by atoms with van der Waals surface area (Å²) in [5.74, 6) is -1.32. The Bertz CT molecular complexity index is 1200. The van der Waals surface area contributed by atoms with Gasteiger partial charge in [0.15, 0.2) is 11.6 Å². The molecule has 2 aromatic carbocycles. The normalized spacial score (nSPS) is 15.0. The van der Waals surface area contributed by atoms with Crippen LogP contribution in [0.3, 0.4) is 0 Å². The molecule has 3 aromatic rings. The van der Waals surface area contributed by atoms with Crippen LogP contribution in [0.1, 0.15) is 31.9 Å². The molecular weight excluding hydrogens is 454 g/mol. The number of methoxy groups -OCH3 is 1. The summed E-state index contributed by atoms with van der Waals surface area (Å²) in [6, 6.07) is 9.18. The monoisotopic (exact) mass is 484 g/mol. The molecule has 35 heavy (non-hydrogen) atoms. The Kier molecular flexibility index (Phi) is 7.33. The number of hydrogen-bond donors (Lipinski definition) is 0. The maximum Gasteiger partial charge on any atom is 0.246 e. The lowest BCUT2D eigenvalue weighted by Crippen LogP contribution is -2.52. The molecule has 1 aliphatic heterocycles. The zero-order valence-corrected chi connectivity index (χ0v) is 20.2. The zero-order valence-electron chi connectivity index (χ0n) is 20.2. The van der Waals surface area contributed by atoms with Gasteiger partial charge in [0.25, 0.3) is 0 Å². The fraction of sp³-hybridized carbons (Fsp3) is 0.423. The van der Waals surface area contributed by atoms with Crippen molar-refractivity contribution in [3.05, 3.63) is 59.9 Å². The van der Waals surface area contributed by atoms with Crippen molar-refractivity contribution in [2.24, 2.45) is 5.92 Å². The summed E-state index contributed by atoms with van der Waals surface area (Å²) >= 11 is 0. The summed E-state index contributed by atoms with van der Waals surface area (Å²) < 4.78 is 34.3. The molecule has 2 amide bonds. The van der Waals surface area contributed by atoms with Crippen LogP contribution < -0.4 is 4.74 Å². The number of piperazine rings is 1. The second-order valence-electron chi connectivity index (χ2n) is 9.15. The van der Waals surface area contributed by atoms with E-state index in [1.54, 1.807) is 21.5 Å². The van der Waals surface area contributed by atoms with Crippen molar-refractivity contribution in [2.45, 2.75) is 32.7 Å². The van der Waals surface area contributed by atoms with E-state index >= 15 is 0 Å². The highest BCUT2D eigenvalue weighted by atomic mass is 19.2. The van der Waals surface area contributed by atoms with Crippen LogP contribution in [0.4, 0.5) is 8.78 Å². The highest BCUT2D eigenvalue weighted by molar-refractivity contribution is 5.85. The summed E-state index contributed by atoms with van der Waals surface area (Å²) in [6.45, 7) is 5.59. The van der Waals surface area contributed by atoms with E-state index in [1.165, 1.54) is 6.33 Å². The fourth-order valence-corrected chi connectivity index (χ4v) is 4.53. The number of benzene rings is 2. The van der Waals surface area contributed by atoms with Crippen LogP contribution in [-0.2, 0) is 16.0 Å². The molecule has 1 aliphatic rings. The van der Waals surface area contributed by atoms with E-state index in [4.69, 9.17) is 4.74 Å². The number of aryl methyl sites for hydroxylation is 1. The minimum absolute atomic E-state index is 0.0615. The number of amides is 2. The van der Waals surface area contributed by atoms with Gasteiger partial charge in [0, 0.05) is 44.7 Å². The van der Waals surface area contributed by atoms with E-state index in [0.29, 0.717) is 50.1 Å². The Labute approximate surface area is 203 Å². The summed E-state index contributed by atoms with van der Waals surface area (Å²) in [5.41, 5.74) is 1.74. The second-order valence-corrected chi connectivity index (χ2v) is 9.15. The molecule has 0 aliphatic carbocycles. The largest absolute Gasteiger partial charge is 0.497 e. The van der Waals surface area contributed by atoms with Crippen molar-refractivity contribution < 1.29 is 23.1 Å². The van der Waals surface area contributed by atoms with Crippen molar-refractivity contribution in [3.63, 3.8) is 0 Å². The van der Waals surface area contributed by atoms with E-state index in [9.17, 15) is 18.4 Å². The van der Waals surface area contributed by atoms with Crippen LogP contribution in [0.15, 0.2) is 42.7 Å². The van der Waals surface area contributed by atoms with Gasteiger partial charge in [-0.15, -0.1) is 0 Å². The van der Waals surface area contributed by atoms with Crippen molar-refractivity contribution >= 4 is 22.8 Å². The number of imidazole rings is 1. The maximum absolute atomic E-state index is 13.9. The van der Waals surface area contributed by atoms with E-state index < -0.39 is 17.7 Å². The predicted octanol–water partition coefficient (Wildman–Crippen LogP) is 3.82. The highest BCUT2D eigenvalue weighted by Gasteiger charge is 2.32. The number of nitrogens with zero attached hydrogens (tertiary/aromatic N) is 4. The average Bonchev–Trinajstić information content (AvgIpc) is 3.24. The van der Waals surface area contributed by atoms with Gasteiger partial charge in [-0.2, -0.15) is 0 Å². The average molecular weight is 485 g/mol. The van der Waals surface area contributed by atoms with Gasteiger partial charge in [0.1, 0.15) is 11.8 Å². The molecule has 0 N–H and O–H groups in total. The minimum Gasteiger partial charge on any atom is -0.497 e. The Morgan fingerprint density at radius 1 is 1.00 bits per heavy atom. The van der Waals surface area contributed by atoms with Gasteiger partial charge < -0.3 is 19.1 Å². The van der Waals surface area contributed by atoms with E-state index in [0.717, 1.165) is 23.4 Å². The first kappa shape index (κ1) is 24.6. The third-order valence-corrected chi connectivity index (χ3v) is 6.53. The molecule has 1 aromatic heterocycles. The lowest BCUT2D eigenvalue weighted by Gasteiger charge is -2.37. The summed E-state index contributed by atoms with van der Waals surface area (Å²) in [4.78, 5) is 33.9. The fourth-order valence-electron chi connectivity index (χ4n) is 4.53. The number of halogens is 2. The van der Waals surface area contributed by atoms with Gasteiger partial charge in [-0.25, -0.2) is 13.8 Å². The standard InChI is InChI=1S/C26H30F2N4O3/c1-17(2)25(32-16-29-22-14-20(27)21(28)15-23(22)32)26(34)31-12-10-30(11-13-31)24(33)9-6-18-4-7-19(35-3)8-5-18/h4-5,7-8,14-17,25H,6,9-13H2,1-3H3. The van der Waals surface area contributed by atoms with Gasteiger partial charge in [-0.1, -0.05) is 26.0 Å². The zero-order chi connectivity index (χ0) is 25.1. The van der Waals surface area contributed by atoms with Gasteiger partial charge in [-0.05, 0) is 30.0 Å². The van der Waals surface area contributed by atoms with E-state index in [1.807, 2.05) is 38.1 Å². The first-order valence-corrected chi connectivity index (χ1v) is 11.8. The van der Waals surface area contributed by atoms with Crippen LogP contribution in [0, 0.1) is 17.6 Å². The number of rotatable bonds is 7. The molecule has 0 bridgehead atoms. The highest BCUT2D eigenvalue weighted by Crippen LogP contribution is 2.27. The van der Waals surface area contributed by atoms with E-state index in [-0.39, 0.29) is 17.7 Å². The first-order chi connectivity index (χ1) is 16.8. The Balaban J connectivity index is 1.38. The van der Waals surface area contributed by atoms with Crippen molar-refractivity contribution in [1.29, 1.82) is 0 Å². The molecule has 9 heteroatoms. The molecule has 2 heterocycles. The topological polar surface area (TPSA) is 67.7 Å². The Hall–Kier alpha value is -3.49. The molecule has 1 unspecified atom stereocenters. The molecule has 0 spiro atoms. The molecule has 1 saturated heterocycles. The third-order valence-electron chi connectivity index (χ3n) is 6.53. The van der Waals surface area contributed by atoms with Gasteiger partial charge >= 0.3 is 0 Å². The van der Waals surface area contributed by atoms with Crippen LogP contribution in [0.25, 0.3) is 11.0 Å². The van der Waals surface area contributed by atoms with Crippen LogP contribution in [0.5, 0.6) is 5.75 Å². The van der Waals surface area contributed by atoms with E-state index in [2.05, 4.69) is 4.98 Å². The molecule has 7 nitrogen and oxygen atoms in total. The second kappa shape index (κ2) is 10.4. The van der Waals surface area contributed by atoms with Crippen LogP contribution in [0.2, 0.25) is 0 Å². The van der Waals surface area contributed by atoms with Crippen molar-refractivity contribution in [2.75, 3.05) is 33.3 Å². The quantitative estimate of drug-likeness (QED) is 0.511. The smallest absolute Gasteiger partial charge is 0.246 e. The third kappa shape index (κ3) is 5.28. The lowest BCUT2D eigenvalue weighted by atomic mass is 10.0. The number of carbonyl (C=O) groups excluding carboxylic acids is 2. The van der Waals surface area contributed by atoms with Gasteiger partial charge in [0.2, 0.25) is 11.8 Å². The Morgan fingerprint density at radius 3 is 2.26 bits per heavy atom. The van der Waals surface area contributed by atoms with Crippen LogP contribution >= 0.6 is 0 Å². The number of carbonyl (C=O) groups is 2. The number of ether oxygens (including phenoxy) is 1. The maximum atomic E-state index is 13.9. The number of fused-ring (bicyclic) bond motifs is 1. The molecular formula is C26H30F2N4O3. The predicted molar refractivity (Wildman–Crippen MR) is 128 cm³/mol. The lowest BCUT2D eigenvalue weighted by molar-refractivity contribution is -0.142. The summed E-state index contributed by atoms with van der Waals surface area (Å²) in [7, 11) is 1.62. The molecule has 4 rings (SSSR count). The molecule has 1 atom stereocenters. The molecule has 1 fully saturated rings. The van der Waals surface area contributed by atoms with Gasteiger partial charge in [0.05, 0.1) is 24.5 Å². The van der Waals surface area contributed by atoms with Crippen molar-refractivity contribution in [3.8, 4) is 5.75 Å². The van der Waals surface area contributed by atoms with Crippen LogP contribution in [-0.4, -0.2) is 64.5 Å². The minimum atomic E-state index is -0.976. The van der Waals surface area contributed by atoms with Crippen molar-refractivity contribution in [1.82, 2.24) is 19.4 Å². The number of aromatic nitrogens is 2. The number of hydrogen-bond acceptors (Lipinski definition) is 4.